The van der Waals surface area contributed by atoms with Crippen LogP contribution in [-0.2, 0) is 16.0 Å². The number of carbonyl (C=O) groups excluding carboxylic acids is 1. The van der Waals surface area contributed by atoms with Crippen molar-refractivity contribution in [1.82, 2.24) is 0 Å². The lowest BCUT2D eigenvalue weighted by molar-refractivity contribution is -0.122. The number of rotatable bonds is 4. The lowest BCUT2D eigenvalue weighted by atomic mass is 10.2. The van der Waals surface area contributed by atoms with E-state index in [-0.39, 0.29) is 12.4 Å². The van der Waals surface area contributed by atoms with Gasteiger partial charge in [0, 0.05) is 7.11 Å². The quantitative estimate of drug-likeness (QED) is 0.650. The third-order valence-corrected chi connectivity index (χ3v) is 1.26. The smallest absolute Gasteiger partial charge is 0.165 e. The Morgan fingerprint density at radius 2 is 2.55 bits per heavy atom. The van der Waals surface area contributed by atoms with Crippen molar-refractivity contribution in [1.29, 1.82) is 0 Å². The van der Waals surface area contributed by atoms with Gasteiger partial charge in [-0.1, -0.05) is 0 Å². The molecule has 0 aliphatic rings. The Labute approximate surface area is 65.0 Å². The average molecular weight is 154 g/mol. The highest BCUT2D eigenvalue weighted by Gasteiger charge is 2.03. The van der Waals surface area contributed by atoms with Gasteiger partial charge < -0.3 is 9.15 Å². The van der Waals surface area contributed by atoms with Gasteiger partial charge in [-0.25, -0.2) is 0 Å². The highest BCUT2D eigenvalue weighted by atomic mass is 16.5. The SMILES string of the molecule is COCC(=O)Cc1ccco1. The van der Waals surface area contributed by atoms with Crippen LogP contribution in [0.5, 0.6) is 0 Å². The number of carbonyl (C=O) groups is 1. The zero-order chi connectivity index (χ0) is 8.10. The fourth-order valence-electron chi connectivity index (χ4n) is 0.820. The number of methoxy groups -OCH3 is 1. The van der Waals surface area contributed by atoms with Crippen molar-refractivity contribution in [2.45, 2.75) is 6.42 Å². The molecule has 1 aromatic rings. The lowest BCUT2D eigenvalue weighted by Gasteiger charge is -1.94. The molecule has 0 aliphatic carbocycles. The normalized spacial score (nSPS) is 9.91. The van der Waals surface area contributed by atoms with Crippen LogP contribution >= 0.6 is 0 Å². The standard InChI is InChI=1S/C8H10O3/c1-10-6-7(9)5-8-3-2-4-11-8/h2-4H,5-6H2,1H3. The van der Waals surface area contributed by atoms with E-state index in [9.17, 15) is 4.79 Å². The highest BCUT2D eigenvalue weighted by Crippen LogP contribution is 2.00. The molecule has 0 atom stereocenters. The Bertz CT molecular complexity index is 213. The molecule has 3 nitrogen and oxygen atoms in total. The van der Waals surface area contributed by atoms with Gasteiger partial charge in [-0.05, 0) is 12.1 Å². The first-order valence-corrected chi connectivity index (χ1v) is 3.36. The number of ether oxygens (including phenoxy) is 1. The van der Waals surface area contributed by atoms with Crippen molar-refractivity contribution in [2.75, 3.05) is 13.7 Å². The minimum atomic E-state index is 0.0300. The maximum absolute atomic E-state index is 10.9. The number of hydrogen-bond donors (Lipinski definition) is 0. The Morgan fingerprint density at radius 3 is 3.09 bits per heavy atom. The van der Waals surface area contributed by atoms with E-state index in [1.807, 2.05) is 0 Å². The minimum Gasteiger partial charge on any atom is -0.469 e. The first-order chi connectivity index (χ1) is 5.33. The molecule has 0 N–H and O–H groups in total. The first-order valence-electron chi connectivity index (χ1n) is 3.36. The number of hydrogen-bond acceptors (Lipinski definition) is 3. The van der Waals surface area contributed by atoms with Gasteiger partial charge in [-0.2, -0.15) is 0 Å². The molecule has 1 aromatic heterocycles. The van der Waals surface area contributed by atoms with Crippen LogP contribution in [0.2, 0.25) is 0 Å². The number of ketones is 1. The molecule has 60 valence electrons. The van der Waals surface area contributed by atoms with E-state index < -0.39 is 0 Å². The van der Waals surface area contributed by atoms with E-state index in [0.29, 0.717) is 12.2 Å². The van der Waals surface area contributed by atoms with Crippen LogP contribution in [0.3, 0.4) is 0 Å². The van der Waals surface area contributed by atoms with Crippen LogP contribution in [-0.4, -0.2) is 19.5 Å². The molecule has 0 amide bonds. The molecule has 0 aromatic carbocycles. The van der Waals surface area contributed by atoms with Crippen molar-refractivity contribution >= 4 is 5.78 Å². The van der Waals surface area contributed by atoms with Gasteiger partial charge >= 0.3 is 0 Å². The number of furan rings is 1. The molecule has 3 heteroatoms. The second-order valence-electron chi connectivity index (χ2n) is 2.23. The molecule has 0 aliphatic heterocycles. The molecule has 1 rings (SSSR count). The zero-order valence-electron chi connectivity index (χ0n) is 6.37. The van der Waals surface area contributed by atoms with E-state index in [1.165, 1.54) is 7.11 Å². The van der Waals surface area contributed by atoms with Crippen LogP contribution in [0.4, 0.5) is 0 Å². The van der Waals surface area contributed by atoms with Crippen LogP contribution in [0.15, 0.2) is 22.8 Å². The summed E-state index contributed by atoms with van der Waals surface area (Å²) in [5, 5.41) is 0. The van der Waals surface area contributed by atoms with Crippen molar-refractivity contribution in [3.63, 3.8) is 0 Å². The maximum Gasteiger partial charge on any atom is 0.165 e. The number of Topliss-reactive ketones (excluding diaryl/α,β-unsaturated/α-hetero) is 1. The second kappa shape index (κ2) is 3.93. The molecule has 0 bridgehead atoms. The monoisotopic (exact) mass is 154 g/mol. The van der Waals surface area contributed by atoms with Crippen molar-refractivity contribution in [3.05, 3.63) is 24.2 Å². The Hall–Kier alpha value is -1.09. The largest absolute Gasteiger partial charge is 0.469 e. The third-order valence-electron chi connectivity index (χ3n) is 1.26. The maximum atomic E-state index is 10.9. The van der Waals surface area contributed by atoms with Crippen LogP contribution < -0.4 is 0 Å². The molecule has 0 saturated carbocycles. The molecule has 0 saturated heterocycles. The van der Waals surface area contributed by atoms with Gasteiger partial charge in [0.05, 0.1) is 12.7 Å². The van der Waals surface area contributed by atoms with E-state index in [4.69, 9.17) is 4.42 Å². The summed E-state index contributed by atoms with van der Waals surface area (Å²) in [7, 11) is 1.50. The van der Waals surface area contributed by atoms with Gasteiger partial charge in [0.1, 0.15) is 12.4 Å². The van der Waals surface area contributed by atoms with Gasteiger partial charge in [0.15, 0.2) is 5.78 Å². The zero-order valence-corrected chi connectivity index (χ0v) is 6.37. The Balaban J connectivity index is 2.37. The minimum absolute atomic E-state index is 0.0300. The van der Waals surface area contributed by atoms with Crippen molar-refractivity contribution < 1.29 is 13.9 Å². The second-order valence-corrected chi connectivity index (χ2v) is 2.23. The summed E-state index contributed by atoms with van der Waals surface area (Å²) >= 11 is 0. The van der Waals surface area contributed by atoms with Gasteiger partial charge in [0.2, 0.25) is 0 Å². The third kappa shape index (κ3) is 2.55. The van der Waals surface area contributed by atoms with Crippen LogP contribution in [0, 0.1) is 0 Å². The van der Waals surface area contributed by atoms with Crippen molar-refractivity contribution in [3.8, 4) is 0 Å². The molecule has 1 heterocycles. The molecule has 0 unspecified atom stereocenters. The predicted octanol–water partition coefficient (Wildman–Crippen LogP) is 1.04. The first kappa shape index (κ1) is 8.01. The molecule has 0 spiro atoms. The average Bonchev–Trinajstić information content (AvgIpc) is 2.40. The summed E-state index contributed by atoms with van der Waals surface area (Å²) in [5.74, 6) is 0.717. The fourth-order valence-corrected chi connectivity index (χ4v) is 0.820. The summed E-state index contributed by atoms with van der Waals surface area (Å²) in [5.41, 5.74) is 0. The highest BCUT2D eigenvalue weighted by molar-refractivity contribution is 5.81. The van der Waals surface area contributed by atoms with E-state index in [0.717, 1.165) is 0 Å². The predicted molar refractivity (Wildman–Crippen MR) is 39.3 cm³/mol. The summed E-state index contributed by atoms with van der Waals surface area (Å²) in [6, 6.07) is 3.53. The van der Waals surface area contributed by atoms with Gasteiger partial charge in [-0.15, -0.1) is 0 Å². The molecular weight excluding hydrogens is 144 g/mol. The van der Waals surface area contributed by atoms with Gasteiger partial charge in [-0.3, -0.25) is 4.79 Å². The molecule has 11 heavy (non-hydrogen) atoms. The molecule has 0 radical (unpaired) electrons. The van der Waals surface area contributed by atoms with Crippen LogP contribution in [0.25, 0.3) is 0 Å². The van der Waals surface area contributed by atoms with Gasteiger partial charge in [0.25, 0.3) is 0 Å². The van der Waals surface area contributed by atoms with Crippen molar-refractivity contribution in [2.24, 2.45) is 0 Å². The van der Waals surface area contributed by atoms with E-state index in [2.05, 4.69) is 4.74 Å². The van der Waals surface area contributed by atoms with E-state index >= 15 is 0 Å². The molecular formula is C8H10O3. The summed E-state index contributed by atoms with van der Waals surface area (Å²) in [6.45, 7) is 0.153. The lowest BCUT2D eigenvalue weighted by Crippen LogP contribution is -2.08. The summed E-state index contributed by atoms with van der Waals surface area (Å²) in [4.78, 5) is 10.9. The summed E-state index contributed by atoms with van der Waals surface area (Å²) in [6.07, 6.45) is 1.87. The Kier molecular flexibility index (Phi) is 2.86. The topological polar surface area (TPSA) is 39.4 Å². The Morgan fingerprint density at radius 1 is 1.73 bits per heavy atom. The summed E-state index contributed by atoms with van der Waals surface area (Å²) < 4.78 is 9.64. The van der Waals surface area contributed by atoms with Crippen LogP contribution in [0.1, 0.15) is 5.76 Å². The molecule has 0 fully saturated rings. The van der Waals surface area contributed by atoms with E-state index in [1.54, 1.807) is 18.4 Å². The fraction of sp³-hybridized carbons (Fsp3) is 0.375.